The molecule has 0 aliphatic rings. The van der Waals surface area contributed by atoms with Crippen LogP contribution in [0.15, 0.2) is 84.4 Å². The van der Waals surface area contributed by atoms with Gasteiger partial charge in [-0.2, -0.15) is 0 Å². The van der Waals surface area contributed by atoms with Gasteiger partial charge in [0.15, 0.2) is 0 Å². The summed E-state index contributed by atoms with van der Waals surface area (Å²) in [5, 5.41) is 0. The van der Waals surface area contributed by atoms with Gasteiger partial charge >= 0.3 is 0 Å². The predicted octanol–water partition coefficient (Wildman–Crippen LogP) is 6.18. The molecule has 0 bridgehead atoms. The summed E-state index contributed by atoms with van der Waals surface area (Å²) in [7, 11) is 0. The Labute approximate surface area is 151 Å². The van der Waals surface area contributed by atoms with Crippen molar-refractivity contribution >= 4 is 11.9 Å². The molecule has 126 valence electrons. The first-order valence-electron chi connectivity index (χ1n) is 8.53. The molecule has 2 heteroatoms. The molecular formula is C22H27NS. The molecule has 0 aromatic heterocycles. The van der Waals surface area contributed by atoms with Crippen LogP contribution in [-0.4, -0.2) is 0 Å². The third kappa shape index (κ3) is 6.67. The molecule has 2 aromatic rings. The summed E-state index contributed by atoms with van der Waals surface area (Å²) in [5.74, 6) is 0.537. The fraction of sp³-hybridized carbons (Fsp3) is 0.273. The largest absolute Gasteiger partial charge is 0.330 e. The summed E-state index contributed by atoms with van der Waals surface area (Å²) in [6, 6.07) is 19.4. The number of aryl methyl sites for hydroxylation is 2. The third-order valence-electron chi connectivity index (χ3n) is 4.06. The zero-order valence-corrected chi connectivity index (χ0v) is 15.3. The lowest BCUT2D eigenvalue weighted by atomic mass is 10.0. The minimum atomic E-state index is 0.537. The second kappa shape index (κ2) is 10.0. The average Bonchev–Trinajstić information content (AvgIpc) is 2.64. The molecule has 0 saturated heterocycles. The summed E-state index contributed by atoms with van der Waals surface area (Å²) in [5.41, 5.74) is 3.83. The Morgan fingerprint density at radius 1 is 1.08 bits per heavy atom. The first kappa shape index (κ1) is 18.4. The first-order chi connectivity index (χ1) is 11.7. The predicted molar refractivity (Wildman–Crippen MR) is 107 cm³/mol. The standard InChI is InChI=1S/C22H27NS/c1-4-18(2)13-14-19(3)23-24-22-12-8-11-21(17-22)16-15-20-9-6-5-7-10-20/h4-12,17-18,23H,1,3,13-16H2,2H3. The van der Waals surface area contributed by atoms with Gasteiger partial charge in [-0.1, -0.05) is 62.0 Å². The van der Waals surface area contributed by atoms with E-state index in [1.807, 2.05) is 6.08 Å². The Balaban J connectivity index is 1.79. The lowest BCUT2D eigenvalue weighted by Crippen LogP contribution is -2.03. The summed E-state index contributed by atoms with van der Waals surface area (Å²) >= 11 is 1.65. The molecule has 1 nitrogen and oxygen atoms in total. The van der Waals surface area contributed by atoms with E-state index in [-0.39, 0.29) is 0 Å². The Hall–Kier alpha value is -1.93. The maximum absolute atomic E-state index is 4.11. The van der Waals surface area contributed by atoms with Crippen molar-refractivity contribution in [3.8, 4) is 0 Å². The van der Waals surface area contributed by atoms with Gasteiger partial charge < -0.3 is 4.72 Å². The van der Waals surface area contributed by atoms with Gasteiger partial charge in [0, 0.05) is 10.6 Å². The molecule has 1 unspecified atom stereocenters. The van der Waals surface area contributed by atoms with Gasteiger partial charge in [-0.05, 0) is 66.8 Å². The highest BCUT2D eigenvalue weighted by Gasteiger charge is 2.02. The van der Waals surface area contributed by atoms with Crippen molar-refractivity contribution in [3.05, 3.63) is 90.7 Å². The molecule has 0 aliphatic carbocycles. The van der Waals surface area contributed by atoms with Crippen LogP contribution in [0.25, 0.3) is 0 Å². The lowest BCUT2D eigenvalue weighted by molar-refractivity contribution is 0.640. The Kier molecular flexibility index (Phi) is 7.70. The van der Waals surface area contributed by atoms with Gasteiger partial charge in [-0.3, -0.25) is 0 Å². The van der Waals surface area contributed by atoms with Gasteiger partial charge in [-0.25, -0.2) is 0 Å². The van der Waals surface area contributed by atoms with E-state index in [1.54, 1.807) is 11.9 Å². The molecule has 2 aromatic carbocycles. The van der Waals surface area contributed by atoms with Gasteiger partial charge in [0.25, 0.3) is 0 Å². The second-order valence-electron chi connectivity index (χ2n) is 6.19. The minimum Gasteiger partial charge on any atom is -0.330 e. The molecular weight excluding hydrogens is 310 g/mol. The van der Waals surface area contributed by atoms with E-state index < -0.39 is 0 Å². The van der Waals surface area contributed by atoms with E-state index in [2.05, 4.69) is 79.4 Å². The van der Waals surface area contributed by atoms with Gasteiger partial charge in [0.05, 0.1) is 0 Å². The van der Waals surface area contributed by atoms with Crippen LogP contribution in [0.2, 0.25) is 0 Å². The summed E-state index contributed by atoms with van der Waals surface area (Å²) < 4.78 is 3.37. The van der Waals surface area contributed by atoms with Crippen molar-refractivity contribution < 1.29 is 0 Å². The van der Waals surface area contributed by atoms with Crippen LogP contribution in [0, 0.1) is 5.92 Å². The molecule has 2 rings (SSSR count). The monoisotopic (exact) mass is 337 g/mol. The number of nitrogens with one attached hydrogen (secondary N) is 1. The van der Waals surface area contributed by atoms with E-state index in [1.165, 1.54) is 16.0 Å². The molecule has 1 atom stereocenters. The number of benzene rings is 2. The summed E-state index contributed by atoms with van der Waals surface area (Å²) in [4.78, 5) is 1.23. The highest BCUT2D eigenvalue weighted by Crippen LogP contribution is 2.20. The molecule has 0 amide bonds. The Morgan fingerprint density at radius 3 is 2.54 bits per heavy atom. The van der Waals surface area contributed by atoms with Crippen molar-refractivity contribution in [1.82, 2.24) is 4.72 Å². The van der Waals surface area contributed by atoms with Crippen LogP contribution in [-0.2, 0) is 12.8 Å². The van der Waals surface area contributed by atoms with Crippen molar-refractivity contribution in [3.63, 3.8) is 0 Å². The number of hydrogen-bond donors (Lipinski definition) is 1. The maximum Gasteiger partial charge on any atom is 0.0287 e. The fourth-order valence-electron chi connectivity index (χ4n) is 2.40. The number of rotatable bonds is 10. The quantitative estimate of drug-likeness (QED) is 0.410. The maximum atomic E-state index is 4.11. The fourth-order valence-corrected chi connectivity index (χ4v) is 3.12. The van der Waals surface area contributed by atoms with Gasteiger partial charge in [0.1, 0.15) is 0 Å². The normalized spacial score (nSPS) is 11.7. The molecule has 0 radical (unpaired) electrons. The molecule has 0 aliphatic heterocycles. The topological polar surface area (TPSA) is 12.0 Å². The molecule has 0 heterocycles. The van der Waals surface area contributed by atoms with Crippen molar-refractivity contribution in [2.75, 3.05) is 0 Å². The van der Waals surface area contributed by atoms with Crippen LogP contribution in [0.5, 0.6) is 0 Å². The molecule has 0 fully saturated rings. The van der Waals surface area contributed by atoms with E-state index in [0.717, 1.165) is 31.4 Å². The van der Waals surface area contributed by atoms with Crippen molar-refractivity contribution in [1.29, 1.82) is 0 Å². The highest BCUT2D eigenvalue weighted by atomic mass is 32.2. The van der Waals surface area contributed by atoms with Crippen molar-refractivity contribution in [2.45, 2.75) is 37.5 Å². The second-order valence-corrected chi connectivity index (χ2v) is 7.07. The third-order valence-corrected chi connectivity index (χ3v) is 4.94. The smallest absolute Gasteiger partial charge is 0.0287 e. The molecule has 0 saturated carbocycles. The summed E-state index contributed by atoms with van der Waals surface area (Å²) in [6.45, 7) is 10.1. The zero-order chi connectivity index (χ0) is 17.2. The zero-order valence-electron chi connectivity index (χ0n) is 14.5. The highest BCUT2D eigenvalue weighted by molar-refractivity contribution is 7.97. The molecule has 24 heavy (non-hydrogen) atoms. The number of hydrogen-bond acceptors (Lipinski definition) is 2. The average molecular weight is 338 g/mol. The van der Waals surface area contributed by atoms with E-state index >= 15 is 0 Å². The van der Waals surface area contributed by atoms with E-state index in [9.17, 15) is 0 Å². The van der Waals surface area contributed by atoms with Crippen LogP contribution < -0.4 is 4.72 Å². The number of allylic oxidation sites excluding steroid dienone is 2. The van der Waals surface area contributed by atoms with Gasteiger partial charge in [0.2, 0.25) is 0 Å². The molecule has 1 N–H and O–H groups in total. The Morgan fingerprint density at radius 2 is 1.79 bits per heavy atom. The minimum absolute atomic E-state index is 0.537. The Bertz CT molecular complexity index is 648. The van der Waals surface area contributed by atoms with Crippen LogP contribution in [0.3, 0.4) is 0 Å². The van der Waals surface area contributed by atoms with E-state index in [4.69, 9.17) is 0 Å². The van der Waals surface area contributed by atoms with Crippen molar-refractivity contribution in [2.24, 2.45) is 5.92 Å². The summed E-state index contributed by atoms with van der Waals surface area (Å²) in [6.07, 6.45) is 6.21. The first-order valence-corrected chi connectivity index (χ1v) is 9.35. The van der Waals surface area contributed by atoms with Crippen LogP contribution in [0.1, 0.15) is 30.9 Å². The van der Waals surface area contributed by atoms with Crippen LogP contribution in [0.4, 0.5) is 0 Å². The van der Waals surface area contributed by atoms with Gasteiger partial charge in [-0.15, -0.1) is 6.58 Å². The molecule has 0 spiro atoms. The SMILES string of the molecule is C=CC(C)CCC(=C)NSc1cccc(CCc2ccccc2)c1. The van der Waals surface area contributed by atoms with E-state index in [0.29, 0.717) is 5.92 Å². The lowest BCUT2D eigenvalue weighted by Gasteiger charge is -2.11. The van der Waals surface area contributed by atoms with Crippen LogP contribution >= 0.6 is 11.9 Å².